The van der Waals surface area contributed by atoms with E-state index in [2.05, 4.69) is 36.2 Å². The van der Waals surface area contributed by atoms with Crippen LogP contribution >= 0.6 is 0 Å². The highest BCUT2D eigenvalue weighted by Gasteiger charge is 2.35. The minimum Gasteiger partial charge on any atom is -0.477 e. The Morgan fingerprint density at radius 1 is 1.22 bits per heavy atom. The van der Waals surface area contributed by atoms with Crippen LogP contribution in [-0.2, 0) is 28.8 Å². The third-order valence-electron chi connectivity index (χ3n) is 5.58. The molecule has 214 valence electrons. The fraction of sp³-hybridized carbons (Fsp3) is 0.750. The topological polar surface area (TPSA) is 134 Å². The second-order valence-electron chi connectivity index (χ2n) is 10.9. The van der Waals surface area contributed by atoms with Crippen LogP contribution in [0.25, 0.3) is 0 Å². The van der Waals surface area contributed by atoms with Crippen molar-refractivity contribution in [3.05, 3.63) is 12.5 Å². The van der Waals surface area contributed by atoms with E-state index in [1.165, 1.54) is 12.1 Å². The van der Waals surface area contributed by atoms with Gasteiger partial charge in [0.05, 0.1) is 12.5 Å². The van der Waals surface area contributed by atoms with Crippen molar-refractivity contribution in [2.75, 3.05) is 40.4 Å². The van der Waals surface area contributed by atoms with Crippen LogP contribution in [0.1, 0.15) is 40.5 Å². The molecule has 0 aromatic heterocycles. The summed E-state index contributed by atoms with van der Waals surface area (Å²) in [4.78, 5) is 20.6. The number of hydrogen-bond acceptors (Lipinski definition) is 10. The molecule has 0 heterocycles. The first-order valence-electron chi connectivity index (χ1n) is 12.1. The number of nitrogens with zero attached hydrogens (tertiary/aromatic N) is 4. The Hall–Kier alpha value is -2.09. The number of sulfone groups is 1. The fourth-order valence-corrected chi connectivity index (χ4v) is 4.31. The molecule has 0 aromatic rings. The molecular weight excluding hydrogens is 514 g/mol. The van der Waals surface area contributed by atoms with Crippen LogP contribution in [-0.4, -0.2) is 96.1 Å². The molecule has 37 heavy (non-hydrogen) atoms. The second kappa shape index (κ2) is 14.7. The van der Waals surface area contributed by atoms with Crippen molar-refractivity contribution in [2.45, 2.75) is 71.9 Å². The molecule has 1 unspecified atom stereocenters. The van der Waals surface area contributed by atoms with E-state index in [-0.39, 0.29) is 19.2 Å². The molecule has 0 spiro atoms. The van der Waals surface area contributed by atoms with E-state index in [0.29, 0.717) is 19.4 Å². The smallest absolute Gasteiger partial charge is 0.314 e. The number of carbonyl (C=O) groups excluding carboxylic acids is 1. The zero-order valence-corrected chi connectivity index (χ0v) is 26.1. The molecule has 1 atom stereocenters. The minimum absolute atomic E-state index is 0.0662. The lowest BCUT2D eigenvalue weighted by molar-refractivity contribution is -0.153. The minimum atomic E-state index is -3.79. The Morgan fingerprint density at radius 2 is 1.81 bits per heavy atom. The highest BCUT2D eigenvalue weighted by atomic mass is 32.2. The van der Waals surface area contributed by atoms with Gasteiger partial charge in [-0.25, -0.2) is 13.4 Å². The molecule has 0 saturated heterocycles. The molecule has 0 bridgehead atoms. The van der Waals surface area contributed by atoms with E-state index in [0.717, 1.165) is 12.3 Å². The zero-order chi connectivity index (χ0) is 29.1. The summed E-state index contributed by atoms with van der Waals surface area (Å²) < 4.78 is 40.5. The quantitative estimate of drug-likeness (QED) is 0.0440. The van der Waals surface area contributed by atoms with E-state index < -0.39 is 40.1 Å². The summed E-state index contributed by atoms with van der Waals surface area (Å²) in [6.45, 7) is 17.9. The van der Waals surface area contributed by atoms with Crippen molar-refractivity contribution in [3.8, 4) is 0 Å². The predicted molar refractivity (Wildman–Crippen MR) is 152 cm³/mol. The summed E-state index contributed by atoms with van der Waals surface area (Å²) in [6, 6.07) is 0.917. The number of rotatable bonds is 16. The number of carbonyl (C=O) groups is 1. The van der Waals surface area contributed by atoms with Crippen molar-refractivity contribution in [1.29, 1.82) is 5.41 Å². The molecule has 0 aliphatic rings. The summed E-state index contributed by atoms with van der Waals surface area (Å²) >= 11 is 0. The fourth-order valence-electron chi connectivity index (χ4n) is 2.99. The Kier molecular flexibility index (Phi) is 13.9. The molecular formula is C24H47N5O6SSi. The lowest BCUT2D eigenvalue weighted by atomic mass is 9.95. The summed E-state index contributed by atoms with van der Waals surface area (Å²) in [6.07, 6.45) is 5.16. The highest BCUT2D eigenvalue weighted by molar-refractivity contribution is 8.05. The molecule has 0 saturated carbocycles. The maximum absolute atomic E-state index is 12.2. The van der Waals surface area contributed by atoms with Crippen LogP contribution < -0.4 is 0 Å². The third kappa shape index (κ3) is 12.8. The first-order valence-corrected chi connectivity index (χ1v) is 17.7. The average molecular weight is 562 g/mol. The van der Waals surface area contributed by atoms with Gasteiger partial charge in [-0.2, -0.15) is 5.01 Å². The molecule has 0 radical (unpaired) electrons. The lowest BCUT2D eigenvalue weighted by Gasteiger charge is -2.42. The van der Waals surface area contributed by atoms with Gasteiger partial charge in [0.1, 0.15) is 19.0 Å². The molecule has 1 N–H and O–H groups in total. The van der Waals surface area contributed by atoms with Crippen molar-refractivity contribution in [1.82, 2.24) is 10.0 Å². The van der Waals surface area contributed by atoms with E-state index in [9.17, 15) is 13.2 Å². The van der Waals surface area contributed by atoms with Crippen LogP contribution in [0.2, 0.25) is 25.7 Å². The maximum Gasteiger partial charge on any atom is 0.314 e. The number of hydrogen-bond donors (Lipinski definition) is 1. The molecule has 0 amide bonds. The van der Waals surface area contributed by atoms with E-state index in [4.69, 9.17) is 19.6 Å². The maximum atomic E-state index is 12.2. The Balaban J connectivity index is 5.43. The largest absolute Gasteiger partial charge is 0.477 e. The number of aliphatic imine (C=N–C) groups is 2. The molecule has 0 rings (SSSR count). The monoisotopic (exact) mass is 561 g/mol. The first-order chi connectivity index (χ1) is 16.8. The molecule has 0 aliphatic carbocycles. The number of esters is 1. The highest BCUT2D eigenvalue weighted by Crippen LogP contribution is 2.24. The second-order valence-corrected chi connectivity index (χ2v) is 18.4. The van der Waals surface area contributed by atoms with Gasteiger partial charge >= 0.3 is 5.97 Å². The van der Waals surface area contributed by atoms with Crippen LogP contribution in [0.3, 0.4) is 0 Å². The summed E-state index contributed by atoms with van der Waals surface area (Å²) in [5.41, 5.74) is -1.73. The number of amidine groups is 1. The van der Waals surface area contributed by atoms with Crippen LogP contribution in [0.15, 0.2) is 22.4 Å². The van der Waals surface area contributed by atoms with Gasteiger partial charge in [-0.05, 0) is 59.4 Å². The van der Waals surface area contributed by atoms with Crippen LogP contribution in [0, 0.1) is 10.8 Å². The van der Waals surface area contributed by atoms with E-state index in [1.807, 2.05) is 6.92 Å². The van der Waals surface area contributed by atoms with Gasteiger partial charge in [0.25, 0.3) is 0 Å². The van der Waals surface area contributed by atoms with Gasteiger partial charge in [-0.15, -0.1) is 0 Å². The summed E-state index contributed by atoms with van der Waals surface area (Å²) in [7, 11) is -2.12. The third-order valence-corrected chi connectivity index (χ3v) is 8.20. The Labute approximate surface area is 224 Å². The number of ether oxygens (including phenoxy) is 3. The van der Waals surface area contributed by atoms with Crippen molar-refractivity contribution in [3.63, 3.8) is 0 Å². The van der Waals surface area contributed by atoms with Gasteiger partial charge in [-0.1, -0.05) is 19.6 Å². The number of hydrazine groups is 1. The van der Waals surface area contributed by atoms with Crippen molar-refractivity contribution < 1.29 is 27.4 Å². The van der Waals surface area contributed by atoms with Gasteiger partial charge in [0.15, 0.2) is 0 Å². The number of methoxy groups -OCH3 is 1. The lowest BCUT2D eigenvalue weighted by Crippen LogP contribution is -2.57. The van der Waals surface area contributed by atoms with Gasteiger partial charge in [-0.3, -0.25) is 20.2 Å². The molecule has 13 heteroatoms. The van der Waals surface area contributed by atoms with Crippen molar-refractivity contribution in [2.24, 2.45) is 15.4 Å². The molecule has 0 fully saturated rings. The van der Waals surface area contributed by atoms with Gasteiger partial charge < -0.3 is 14.2 Å². The Bertz CT molecular complexity index is 946. The zero-order valence-electron chi connectivity index (χ0n) is 24.3. The normalized spacial score (nSPS) is 14.7. The predicted octanol–water partition coefficient (Wildman–Crippen LogP) is 3.77. The van der Waals surface area contributed by atoms with Crippen molar-refractivity contribution >= 4 is 41.5 Å². The molecule has 0 aliphatic heterocycles. The average Bonchev–Trinajstić information content (AvgIpc) is 2.78. The van der Waals surface area contributed by atoms with Gasteiger partial charge in [0.2, 0.25) is 20.9 Å². The molecule has 11 nitrogen and oxygen atoms in total. The number of nitrogens with one attached hydrogen (secondary N) is 1. The standard InChI is InChI=1S/C24H47N5O6SSi/c1-12-27-24(5,14-13-15-26-20(2)35-18-23(3,4)21(30)33-7)28(6)29(22(25)36(8,31)32)19-34-16-17-37(9,10)11/h12,15,25H,2,13-14,16-19H2,1,3-11H3/b25-22?,26-15-,27-12?. The van der Waals surface area contributed by atoms with Crippen LogP contribution in [0.5, 0.6) is 0 Å². The van der Waals surface area contributed by atoms with Crippen LogP contribution in [0.4, 0.5) is 0 Å². The summed E-state index contributed by atoms with van der Waals surface area (Å²) in [5, 5.41) is 10.6. The SMILES string of the molecule is C=C(/N=C\CCC(C)(N=CC)N(C)N(COCC[Si](C)(C)C)C(=N)S(C)(=O)=O)OCC(C)(C)C(=O)OC. The van der Waals surface area contributed by atoms with E-state index in [1.54, 1.807) is 45.3 Å². The van der Waals surface area contributed by atoms with E-state index >= 15 is 0 Å². The van der Waals surface area contributed by atoms with Gasteiger partial charge in [0, 0.05) is 34.2 Å². The summed E-state index contributed by atoms with van der Waals surface area (Å²) in [5.74, 6) is -0.239. The first kappa shape index (κ1) is 34.9. The Morgan fingerprint density at radius 3 is 2.30 bits per heavy atom. The molecule has 0 aromatic carbocycles.